The van der Waals surface area contributed by atoms with Gasteiger partial charge in [-0.15, -0.1) is 0 Å². The van der Waals surface area contributed by atoms with Gasteiger partial charge in [0.15, 0.2) is 0 Å². The van der Waals surface area contributed by atoms with Crippen molar-refractivity contribution in [3.63, 3.8) is 0 Å². The summed E-state index contributed by atoms with van der Waals surface area (Å²) < 4.78 is 59.3. The van der Waals surface area contributed by atoms with Crippen molar-refractivity contribution in [3.8, 4) is 0 Å². The monoisotopic (exact) mass is 232 g/mol. The van der Waals surface area contributed by atoms with Gasteiger partial charge in [-0.05, 0) is 6.92 Å². The lowest BCUT2D eigenvalue weighted by Gasteiger charge is -2.08. The van der Waals surface area contributed by atoms with Crippen molar-refractivity contribution >= 4 is 10.1 Å². The molecule has 0 fully saturated rings. The maximum Gasteiger partial charge on any atom is 0.534 e. The zero-order chi connectivity index (χ0) is 11.6. The summed E-state index contributed by atoms with van der Waals surface area (Å²) in [5.74, 6) is -1.24. The maximum absolute atomic E-state index is 11.7. The van der Waals surface area contributed by atoms with E-state index in [0.717, 1.165) is 6.92 Å². The molecule has 0 aliphatic carbocycles. The van der Waals surface area contributed by atoms with Crippen LogP contribution in [0.2, 0.25) is 0 Å². The Hall–Kier alpha value is -1.18. The van der Waals surface area contributed by atoms with Crippen LogP contribution in [0.1, 0.15) is 6.92 Å². The molecule has 0 spiro atoms. The Morgan fingerprint density at radius 2 is 1.93 bits per heavy atom. The topological polar surface area (TPSA) is 63.6 Å². The summed E-state index contributed by atoms with van der Waals surface area (Å²) in [5, 5.41) is 8.57. The molecule has 0 aromatic carbocycles. The minimum Gasteiger partial charge on any atom is -0.512 e. The van der Waals surface area contributed by atoms with Gasteiger partial charge in [-0.1, -0.05) is 6.58 Å². The number of halogens is 3. The van der Waals surface area contributed by atoms with Crippen molar-refractivity contribution < 1.29 is 30.9 Å². The van der Waals surface area contributed by atoms with Crippen LogP contribution in [-0.4, -0.2) is 19.0 Å². The molecule has 0 saturated carbocycles. The first-order valence-corrected chi connectivity index (χ1v) is 4.54. The van der Waals surface area contributed by atoms with Gasteiger partial charge < -0.3 is 9.29 Å². The fourth-order valence-corrected chi connectivity index (χ4v) is 0.870. The predicted octanol–water partition coefficient (Wildman–Crippen LogP) is 1.83. The maximum atomic E-state index is 11.7. The van der Waals surface area contributed by atoms with Gasteiger partial charge in [0, 0.05) is 6.08 Å². The highest BCUT2D eigenvalue weighted by molar-refractivity contribution is 7.87. The second-order valence-corrected chi connectivity index (χ2v) is 3.77. The number of alkyl halides is 3. The summed E-state index contributed by atoms with van der Waals surface area (Å²) in [5.41, 5.74) is -5.51. The molecule has 8 heteroatoms. The van der Waals surface area contributed by atoms with E-state index in [-0.39, 0.29) is 0 Å². The van der Waals surface area contributed by atoms with Crippen LogP contribution in [0.3, 0.4) is 0 Å². The second kappa shape index (κ2) is 3.91. The van der Waals surface area contributed by atoms with E-state index in [0.29, 0.717) is 6.08 Å². The number of hydrogen-bond donors (Lipinski definition) is 1. The molecule has 0 aliphatic rings. The van der Waals surface area contributed by atoms with E-state index in [1.807, 2.05) is 0 Å². The highest BCUT2D eigenvalue weighted by Crippen LogP contribution is 2.26. The molecule has 0 bridgehead atoms. The van der Waals surface area contributed by atoms with Crippen molar-refractivity contribution in [1.29, 1.82) is 0 Å². The SMILES string of the molecule is C=C(/C=C(\C)O)OS(=O)(=O)C(F)(F)F. The lowest BCUT2D eigenvalue weighted by atomic mass is 10.4. The lowest BCUT2D eigenvalue weighted by molar-refractivity contribution is -0.0519. The van der Waals surface area contributed by atoms with Crippen LogP contribution in [-0.2, 0) is 14.3 Å². The highest BCUT2D eigenvalue weighted by atomic mass is 32.2. The zero-order valence-electron chi connectivity index (χ0n) is 7.00. The first kappa shape index (κ1) is 12.8. The van der Waals surface area contributed by atoms with Gasteiger partial charge in [-0.3, -0.25) is 0 Å². The molecule has 1 N–H and O–H groups in total. The van der Waals surface area contributed by atoms with Gasteiger partial charge in [-0.25, -0.2) is 0 Å². The van der Waals surface area contributed by atoms with Gasteiger partial charge in [0.05, 0.1) is 5.76 Å². The molecule has 0 heterocycles. The van der Waals surface area contributed by atoms with Crippen LogP contribution < -0.4 is 0 Å². The normalized spacial score (nSPS) is 13.9. The molecular weight excluding hydrogens is 225 g/mol. The van der Waals surface area contributed by atoms with E-state index < -0.39 is 27.1 Å². The lowest BCUT2D eigenvalue weighted by Crippen LogP contribution is -2.24. The quantitative estimate of drug-likeness (QED) is 0.349. The first-order chi connectivity index (χ1) is 6.06. The van der Waals surface area contributed by atoms with Crippen molar-refractivity contribution in [2.24, 2.45) is 0 Å². The molecule has 0 aliphatic heterocycles. The Morgan fingerprint density at radius 3 is 2.21 bits per heavy atom. The Kier molecular flexibility index (Phi) is 3.58. The van der Waals surface area contributed by atoms with Crippen LogP contribution in [0.5, 0.6) is 0 Å². The third-order valence-electron chi connectivity index (χ3n) is 0.870. The Morgan fingerprint density at radius 1 is 1.50 bits per heavy atom. The van der Waals surface area contributed by atoms with Crippen LogP contribution in [0.4, 0.5) is 13.2 Å². The molecular formula is C6H7F3O4S. The van der Waals surface area contributed by atoms with E-state index in [1.165, 1.54) is 0 Å². The Balaban J connectivity index is 4.73. The first-order valence-electron chi connectivity index (χ1n) is 3.13. The number of rotatable bonds is 3. The van der Waals surface area contributed by atoms with Gasteiger partial charge in [0.1, 0.15) is 5.76 Å². The number of aliphatic hydroxyl groups excluding tert-OH is 1. The highest BCUT2D eigenvalue weighted by Gasteiger charge is 2.48. The van der Waals surface area contributed by atoms with Gasteiger partial charge >= 0.3 is 15.6 Å². The fourth-order valence-electron chi connectivity index (χ4n) is 0.445. The van der Waals surface area contributed by atoms with E-state index in [9.17, 15) is 21.6 Å². The number of aliphatic hydroxyl groups is 1. The smallest absolute Gasteiger partial charge is 0.512 e. The summed E-state index contributed by atoms with van der Waals surface area (Å²) in [6.45, 7) is 3.98. The molecule has 14 heavy (non-hydrogen) atoms. The standard InChI is InChI=1S/C6H7F3O4S/c1-4(10)3-5(2)13-14(11,12)6(7,8)9/h3,10H,2H2,1H3/b4-3+. The van der Waals surface area contributed by atoms with Crippen LogP contribution in [0.25, 0.3) is 0 Å². The summed E-state index contributed by atoms with van der Waals surface area (Å²) in [6.07, 6.45) is 0.642. The van der Waals surface area contributed by atoms with Gasteiger partial charge in [0.25, 0.3) is 0 Å². The summed E-state index contributed by atoms with van der Waals surface area (Å²) >= 11 is 0. The molecule has 0 unspecified atom stereocenters. The third-order valence-corrected chi connectivity index (χ3v) is 1.87. The Labute approximate surface area is 78.4 Å². The van der Waals surface area contributed by atoms with Crippen molar-refractivity contribution in [2.45, 2.75) is 12.4 Å². The zero-order valence-corrected chi connectivity index (χ0v) is 7.82. The van der Waals surface area contributed by atoms with E-state index in [1.54, 1.807) is 0 Å². The minimum absolute atomic E-state index is 0.424. The Bertz CT molecular complexity index is 348. The van der Waals surface area contributed by atoms with Crippen LogP contribution >= 0.6 is 0 Å². The molecule has 0 aromatic rings. The van der Waals surface area contributed by atoms with Crippen molar-refractivity contribution in [3.05, 3.63) is 24.2 Å². The molecule has 0 atom stereocenters. The third kappa shape index (κ3) is 3.69. The average molecular weight is 232 g/mol. The summed E-state index contributed by atoms with van der Waals surface area (Å²) in [7, 11) is -5.70. The van der Waals surface area contributed by atoms with Crippen LogP contribution in [0.15, 0.2) is 24.2 Å². The molecule has 82 valence electrons. The fraction of sp³-hybridized carbons (Fsp3) is 0.333. The minimum atomic E-state index is -5.70. The molecule has 0 aromatic heterocycles. The molecule has 4 nitrogen and oxygen atoms in total. The molecule has 0 saturated heterocycles. The van der Waals surface area contributed by atoms with E-state index in [4.69, 9.17) is 5.11 Å². The van der Waals surface area contributed by atoms with Gasteiger partial charge in [-0.2, -0.15) is 21.6 Å². The largest absolute Gasteiger partial charge is 0.534 e. The predicted molar refractivity (Wildman–Crippen MR) is 41.6 cm³/mol. The van der Waals surface area contributed by atoms with Gasteiger partial charge in [0.2, 0.25) is 0 Å². The van der Waals surface area contributed by atoms with Crippen molar-refractivity contribution in [1.82, 2.24) is 0 Å². The average Bonchev–Trinajstić information content (AvgIpc) is 1.79. The number of allylic oxidation sites excluding steroid dienone is 2. The molecule has 0 amide bonds. The molecule has 0 radical (unpaired) electrons. The second-order valence-electron chi connectivity index (χ2n) is 2.24. The van der Waals surface area contributed by atoms with E-state index in [2.05, 4.69) is 10.8 Å². The van der Waals surface area contributed by atoms with E-state index >= 15 is 0 Å². The summed E-state index contributed by atoms with van der Waals surface area (Å²) in [4.78, 5) is 0. The summed E-state index contributed by atoms with van der Waals surface area (Å²) in [6, 6.07) is 0. The van der Waals surface area contributed by atoms with Crippen LogP contribution in [0, 0.1) is 0 Å². The number of hydrogen-bond acceptors (Lipinski definition) is 4. The molecule has 0 rings (SSSR count). The van der Waals surface area contributed by atoms with Crippen molar-refractivity contribution in [2.75, 3.05) is 0 Å².